The number of aliphatic hydroxyl groups is 1. The summed E-state index contributed by atoms with van der Waals surface area (Å²) in [5.41, 5.74) is 2.73. The van der Waals surface area contributed by atoms with Crippen LogP contribution < -0.4 is 0 Å². The van der Waals surface area contributed by atoms with Gasteiger partial charge in [-0.2, -0.15) is 10.2 Å². The summed E-state index contributed by atoms with van der Waals surface area (Å²) in [5.74, 6) is 0. The van der Waals surface area contributed by atoms with E-state index < -0.39 is 6.10 Å². The van der Waals surface area contributed by atoms with Crippen molar-refractivity contribution >= 4 is 0 Å². The highest BCUT2D eigenvalue weighted by Crippen LogP contribution is 2.17. The normalized spacial score (nSPS) is 12.9. The number of nitrogens with zero attached hydrogens (tertiary/aromatic N) is 4. The lowest BCUT2D eigenvalue weighted by Gasteiger charge is -2.09. The smallest absolute Gasteiger partial charge is 0.103 e. The largest absolute Gasteiger partial charge is 0.386 e. The molecule has 0 radical (unpaired) electrons. The molecule has 2 aromatic rings. The van der Waals surface area contributed by atoms with E-state index in [1.54, 1.807) is 4.68 Å². The van der Waals surface area contributed by atoms with Crippen LogP contribution in [0.15, 0.2) is 18.3 Å². The molecule has 1 atom stereocenters. The van der Waals surface area contributed by atoms with Crippen molar-refractivity contribution in [2.24, 2.45) is 7.05 Å². The van der Waals surface area contributed by atoms with Gasteiger partial charge in [0, 0.05) is 31.9 Å². The number of aliphatic hydroxyl groups excluding tert-OH is 1. The molecule has 0 aromatic carbocycles. The first kappa shape index (κ1) is 11.9. The molecule has 1 unspecified atom stereocenters. The van der Waals surface area contributed by atoms with Crippen LogP contribution in [0.2, 0.25) is 0 Å². The summed E-state index contributed by atoms with van der Waals surface area (Å²) in [6.45, 7) is 4.82. The molecule has 2 aromatic heterocycles. The van der Waals surface area contributed by atoms with Gasteiger partial charge in [-0.25, -0.2) is 0 Å². The average molecular weight is 234 g/mol. The first-order valence-electron chi connectivity index (χ1n) is 5.81. The minimum Gasteiger partial charge on any atom is -0.386 e. The lowest BCUT2D eigenvalue weighted by molar-refractivity contribution is 0.170. The fourth-order valence-electron chi connectivity index (χ4n) is 1.95. The summed E-state index contributed by atoms with van der Waals surface area (Å²) >= 11 is 0. The maximum Gasteiger partial charge on any atom is 0.103 e. The Kier molecular flexibility index (Phi) is 3.28. The first-order valence-corrected chi connectivity index (χ1v) is 5.81. The van der Waals surface area contributed by atoms with Gasteiger partial charge >= 0.3 is 0 Å². The number of aromatic nitrogens is 4. The monoisotopic (exact) mass is 234 g/mol. The lowest BCUT2D eigenvalue weighted by atomic mass is 10.1. The van der Waals surface area contributed by atoms with Gasteiger partial charge in [0.1, 0.15) is 6.10 Å². The van der Waals surface area contributed by atoms with Crippen LogP contribution >= 0.6 is 0 Å². The Morgan fingerprint density at radius 1 is 1.41 bits per heavy atom. The molecule has 0 saturated heterocycles. The predicted octanol–water partition coefficient (Wildman–Crippen LogP) is 1.22. The van der Waals surface area contributed by atoms with Crippen molar-refractivity contribution in [1.29, 1.82) is 0 Å². The molecule has 5 heteroatoms. The van der Waals surface area contributed by atoms with Crippen LogP contribution in [0, 0.1) is 6.92 Å². The zero-order chi connectivity index (χ0) is 12.4. The second-order valence-corrected chi connectivity index (χ2v) is 4.23. The summed E-state index contributed by atoms with van der Waals surface area (Å²) in [6.07, 6.45) is 1.81. The van der Waals surface area contributed by atoms with Gasteiger partial charge in [0.2, 0.25) is 0 Å². The highest BCUT2D eigenvalue weighted by molar-refractivity contribution is 5.13. The van der Waals surface area contributed by atoms with E-state index in [1.165, 1.54) is 0 Å². The van der Waals surface area contributed by atoms with E-state index in [1.807, 2.05) is 43.9 Å². The van der Waals surface area contributed by atoms with E-state index in [9.17, 15) is 5.11 Å². The van der Waals surface area contributed by atoms with Crippen molar-refractivity contribution in [3.05, 3.63) is 35.4 Å². The molecule has 0 spiro atoms. The predicted molar refractivity (Wildman–Crippen MR) is 64.5 cm³/mol. The molecule has 2 rings (SSSR count). The van der Waals surface area contributed by atoms with Crippen molar-refractivity contribution in [2.45, 2.75) is 32.9 Å². The second-order valence-electron chi connectivity index (χ2n) is 4.23. The maximum absolute atomic E-state index is 10.1. The third kappa shape index (κ3) is 2.55. The molecule has 0 fully saturated rings. The molecular weight excluding hydrogens is 216 g/mol. The minimum absolute atomic E-state index is 0.547. The zero-order valence-corrected chi connectivity index (χ0v) is 10.5. The molecule has 0 aliphatic carbocycles. The summed E-state index contributed by atoms with van der Waals surface area (Å²) in [5, 5.41) is 18.7. The summed E-state index contributed by atoms with van der Waals surface area (Å²) in [4.78, 5) is 0. The highest BCUT2D eigenvalue weighted by Gasteiger charge is 2.14. The topological polar surface area (TPSA) is 55.9 Å². The Bertz CT molecular complexity index is 500. The van der Waals surface area contributed by atoms with Gasteiger partial charge in [0.15, 0.2) is 0 Å². The fourth-order valence-corrected chi connectivity index (χ4v) is 1.95. The maximum atomic E-state index is 10.1. The van der Waals surface area contributed by atoms with Gasteiger partial charge in [-0.05, 0) is 26.0 Å². The third-order valence-electron chi connectivity index (χ3n) is 2.76. The van der Waals surface area contributed by atoms with Gasteiger partial charge in [-0.15, -0.1) is 0 Å². The molecule has 2 heterocycles. The van der Waals surface area contributed by atoms with Crippen molar-refractivity contribution in [3.63, 3.8) is 0 Å². The Labute approximate surface area is 101 Å². The number of rotatable bonds is 4. The number of aryl methyl sites for hydroxylation is 3. The van der Waals surface area contributed by atoms with E-state index in [0.717, 1.165) is 17.9 Å². The number of hydrogen-bond donors (Lipinski definition) is 1. The Morgan fingerprint density at radius 3 is 2.76 bits per heavy atom. The molecular formula is C12H18N4O. The third-order valence-corrected chi connectivity index (χ3v) is 2.76. The van der Waals surface area contributed by atoms with Crippen LogP contribution in [0.25, 0.3) is 0 Å². The van der Waals surface area contributed by atoms with Gasteiger partial charge in [-0.1, -0.05) is 0 Å². The van der Waals surface area contributed by atoms with Gasteiger partial charge < -0.3 is 5.11 Å². The zero-order valence-electron chi connectivity index (χ0n) is 10.5. The van der Waals surface area contributed by atoms with E-state index in [4.69, 9.17) is 0 Å². The van der Waals surface area contributed by atoms with Crippen LogP contribution in [0.1, 0.15) is 30.1 Å². The van der Waals surface area contributed by atoms with E-state index >= 15 is 0 Å². The standard InChI is InChI=1S/C12H18N4O/c1-4-16-10(7-9(2)13-16)8-12(17)11-5-6-15(3)14-11/h5-7,12,17H,4,8H2,1-3H3. The molecule has 0 amide bonds. The van der Waals surface area contributed by atoms with Crippen LogP contribution in [0.3, 0.4) is 0 Å². The molecule has 0 saturated carbocycles. The molecule has 17 heavy (non-hydrogen) atoms. The highest BCUT2D eigenvalue weighted by atomic mass is 16.3. The average Bonchev–Trinajstić information content (AvgIpc) is 2.85. The Balaban J connectivity index is 2.14. The van der Waals surface area contributed by atoms with Crippen molar-refractivity contribution < 1.29 is 5.11 Å². The van der Waals surface area contributed by atoms with Crippen LogP contribution in [-0.2, 0) is 20.0 Å². The Morgan fingerprint density at radius 2 is 2.18 bits per heavy atom. The van der Waals surface area contributed by atoms with Gasteiger partial charge in [0.05, 0.1) is 11.4 Å². The SMILES string of the molecule is CCn1nc(C)cc1CC(O)c1ccn(C)n1. The summed E-state index contributed by atoms with van der Waals surface area (Å²) in [6, 6.07) is 3.85. The van der Waals surface area contributed by atoms with Crippen molar-refractivity contribution in [1.82, 2.24) is 19.6 Å². The fraction of sp³-hybridized carbons (Fsp3) is 0.500. The lowest BCUT2D eigenvalue weighted by Crippen LogP contribution is -2.09. The first-order chi connectivity index (χ1) is 8.10. The van der Waals surface area contributed by atoms with Gasteiger partial charge in [-0.3, -0.25) is 9.36 Å². The Hall–Kier alpha value is -1.62. The number of hydrogen-bond acceptors (Lipinski definition) is 3. The van der Waals surface area contributed by atoms with Crippen LogP contribution in [0.4, 0.5) is 0 Å². The van der Waals surface area contributed by atoms with E-state index in [0.29, 0.717) is 12.1 Å². The van der Waals surface area contributed by atoms with Crippen molar-refractivity contribution in [3.8, 4) is 0 Å². The van der Waals surface area contributed by atoms with Crippen LogP contribution in [0.5, 0.6) is 0 Å². The summed E-state index contributed by atoms with van der Waals surface area (Å²) in [7, 11) is 1.84. The molecule has 5 nitrogen and oxygen atoms in total. The van der Waals surface area contributed by atoms with E-state index in [-0.39, 0.29) is 0 Å². The van der Waals surface area contributed by atoms with Gasteiger partial charge in [0.25, 0.3) is 0 Å². The van der Waals surface area contributed by atoms with Crippen molar-refractivity contribution in [2.75, 3.05) is 0 Å². The summed E-state index contributed by atoms with van der Waals surface area (Å²) < 4.78 is 3.61. The molecule has 92 valence electrons. The second kappa shape index (κ2) is 4.71. The quantitative estimate of drug-likeness (QED) is 0.865. The van der Waals surface area contributed by atoms with Crippen LogP contribution in [-0.4, -0.2) is 24.7 Å². The molecule has 0 aliphatic rings. The molecule has 1 N–H and O–H groups in total. The molecule has 0 aliphatic heterocycles. The van der Waals surface area contributed by atoms with E-state index in [2.05, 4.69) is 10.2 Å². The minimum atomic E-state index is -0.572. The molecule has 0 bridgehead atoms.